The van der Waals surface area contributed by atoms with Gasteiger partial charge in [-0.15, -0.1) is 0 Å². The van der Waals surface area contributed by atoms with Crippen molar-refractivity contribution in [1.82, 2.24) is 4.98 Å². The van der Waals surface area contributed by atoms with Crippen LogP contribution in [0.2, 0.25) is 0 Å². The van der Waals surface area contributed by atoms with Crippen molar-refractivity contribution in [2.45, 2.75) is 26.7 Å². The number of pyridine rings is 1. The van der Waals surface area contributed by atoms with Gasteiger partial charge in [0.15, 0.2) is 0 Å². The molecule has 0 aliphatic rings. The molecular weight excluding hydrogens is 262 g/mol. The van der Waals surface area contributed by atoms with Crippen molar-refractivity contribution in [1.29, 1.82) is 0 Å². The monoisotopic (exact) mass is 283 g/mol. The van der Waals surface area contributed by atoms with Gasteiger partial charge in [0.05, 0.1) is 5.56 Å². The van der Waals surface area contributed by atoms with Crippen LogP contribution in [0.5, 0.6) is 0 Å². The van der Waals surface area contributed by atoms with E-state index in [4.69, 9.17) is 18.0 Å². The van der Waals surface area contributed by atoms with E-state index in [0.717, 1.165) is 35.6 Å². The van der Waals surface area contributed by atoms with Crippen LogP contribution in [0.3, 0.4) is 0 Å². The first-order valence-corrected chi connectivity index (χ1v) is 7.87. The number of unbranched alkanes of at least 4 members (excludes halogenated alkanes) is 1. The van der Waals surface area contributed by atoms with Crippen LogP contribution in [0.1, 0.15) is 29.7 Å². The number of nitrogens with two attached hydrogens (primary N) is 1. The third-order valence-electron chi connectivity index (χ3n) is 2.66. The molecule has 1 heterocycles. The van der Waals surface area contributed by atoms with Gasteiger partial charge in [0.2, 0.25) is 0 Å². The fourth-order valence-corrected chi connectivity index (χ4v) is 2.60. The van der Waals surface area contributed by atoms with E-state index in [1.54, 1.807) is 0 Å². The number of thioether (sulfide) groups is 1. The quantitative estimate of drug-likeness (QED) is 0.595. The van der Waals surface area contributed by atoms with Crippen molar-refractivity contribution in [3.63, 3.8) is 0 Å². The van der Waals surface area contributed by atoms with E-state index in [0.29, 0.717) is 4.99 Å². The number of nitrogens with zero attached hydrogens (tertiary/aromatic N) is 1. The Morgan fingerprint density at radius 1 is 1.44 bits per heavy atom. The molecule has 0 bridgehead atoms. The minimum atomic E-state index is 0.409. The summed E-state index contributed by atoms with van der Waals surface area (Å²) >= 11 is 6.97. The molecule has 3 N–H and O–H groups in total. The third kappa shape index (κ3) is 4.46. The Kier molecular flexibility index (Phi) is 6.43. The molecule has 0 radical (unpaired) electrons. The molecule has 1 aromatic heterocycles. The summed E-state index contributed by atoms with van der Waals surface area (Å²) in [5.74, 6) is 2.02. The molecule has 0 saturated carbocycles. The minimum Gasteiger partial charge on any atom is -0.389 e. The van der Waals surface area contributed by atoms with Gasteiger partial charge in [0.1, 0.15) is 10.8 Å². The molecule has 0 aromatic carbocycles. The third-order valence-corrected chi connectivity index (χ3v) is 3.56. The van der Waals surface area contributed by atoms with Crippen LogP contribution in [0, 0.1) is 13.8 Å². The zero-order valence-corrected chi connectivity index (χ0v) is 12.9. The second-order valence-corrected chi connectivity index (χ2v) is 5.72. The van der Waals surface area contributed by atoms with E-state index in [1.165, 1.54) is 12.2 Å². The SMILES string of the molecule is CSCCCCNc1nc(C)cc(C)c1C(N)=S. The lowest BCUT2D eigenvalue weighted by Crippen LogP contribution is -2.17. The maximum Gasteiger partial charge on any atom is 0.136 e. The highest BCUT2D eigenvalue weighted by atomic mass is 32.2. The van der Waals surface area contributed by atoms with Crippen LogP contribution in [-0.2, 0) is 0 Å². The number of aryl methyl sites for hydroxylation is 2. The number of hydrogen-bond donors (Lipinski definition) is 2. The number of thiocarbonyl (C=S) groups is 1. The first-order chi connectivity index (χ1) is 8.56. The molecule has 0 spiro atoms. The van der Waals surface area contributed by atoms with Crippen molar-refractivity contribution >= 4 is 34.8 Å². The maximum absolute atomic E-state index is 5.77. The first-order valence-electron chi connectivity index (χ1n) is 6.07. The van der Waals surface area contributed by atoms with Crippen LogP contribution in [0.25, 0.3) is 0 Å². The summed E-state index contributed by atoms with van der Waals surface area (Å²) in [4.78, 5) is 4.90. The fourth-order valence-electron chi connectivity index (χ4n) is 1.85. The highest BCUT2D eigenvalue weighted by molar-refractivity contribution is 7.98. The van der Waals surface area contributed by atoms with Crippen molar-refractivity contribution in [2.24, 2.45) is 5.73 Å². The van der Waals surface area contributed by atoms with Gasteiger partial charge in [-0.25, -0.2) is 4.98 Å². The summed E-state index contributed by atoms with van der Waals surface area (Å²) in [6.45, 7) is 4.91. The van der Waals surface area contributed by atoms with Gasteiger partial charge in [-0.2, -0.15) is 11.8 Å². The molecule has 1 aromatic rings. The molecule has 0 unspecified atom stereocenters. The Morgan fingerprint density at radius 3 is 2.78 bits per heavy atom. The van der Waals surface area contributed by atoms with Crippen LogP contribution >= 0.6 is 24.0 Å². The van der Waals surface area contributed by atoms with E-state index in [9.17, 15) is 0 Å². The average molecular weight is 283 g/mol. The Hall–Kier alpha value is -0.810. The molecule has 1 rings (SSSR count). The summed E-state index contributed by atoms with van der Waals surface area (Å²) in [6, 6.07) is 2.01. The Labute approximate surface area is 119 Å². The molecule has 0 amide bonds. The highest BCUT2D eigenvalue weighted by Crippen LogP contribution is 2.18. The average Bonchev–Trinajstić information content (AvgIpc) is 2.27. The molecule has 0 fully saturated rings. The van der Waals surface area contributed by atoms with E-state index in [2.05, 4.69) is 16.6 Å². The van der Waals surface area contributed by atoms with Gasteiger partial charge in [-0.1, -0.05) is 12.2 Å². The summed E-state index contributed by atoms with van der Waals surface area (Å²) in [5.41, 5.74) is 8.71. The number of anilines is 1. The van der Waals surface area contributed by atoms with Gasteiger partial charge in [-0.3, -0.25) is 0 Å². The zero-order chi connectivity index (χ0) is 13.5. The number of nitrogens with one attached hydrogen (secondary N) is 1. The Balaban J connectivity index is 2.71. The predicted octanol–water partition coefficient (Wildman–Crippen LogP) is 2.89. The molecule has 100 valence electrons. The fraction of sp³-hybridized carbons (Fsp3) is 0.538. The van der Waals surface area contributed by atoms with E-state index < -0.39 is 0 Å². The summed E-state index contributed by atoms with van der Waals surface area (Å²) < 4.78 is 0. The first kappa shape index (κ1) is 15.2. The lowest BCUT2D eigenvalue weighted by molar-refractivity contribution is 0.838. The van der Waals surface area contributed by atoms with E-state index in [-0.39, 0.29) is 0 Å². The second kappa shape index (κ2) is 7.59. The normalized spacial score (nSPS) is 10.4. The highest BCUT2D eigenvalue weighted by Gasteiger charge is 2.10. The van der Waals surface area contributed by atoms with Crippen molar-refractivity contribution in [2.75, 3.05) is 23.9 Å². The molecular formula is C13H21N3S2. The standard InChI is InChI=1S/C13H21N3S2/c1-9-8-10(2)16-13(11(9)12(14)17)15-6-4-5-7-18-3/h8H,4-7H2,1-3H3,(H2,14,17)(H,15,16). The lowest BCUT2D eigenvalue weighted by Gasteiger charge is -2.13. The molecule has 5 heteroatoms. The minimum absolute atomic E-state index is 0.409. The smallest absolute Gasteiger partial charge is 0.136 e. The predicted molar refractivity (Wildman–Crippen MR) is 85.7 cm³/mol. The molecule has 3 nitrogen and oxygen atoms in total. The lowest BCUT2D eigenvalue weighted by atomic mass is 10.1. The topological polar surface area (TPSA) is 50.9 Å². The van der Waals surface area contributed by atoms with Gasteiger partial charge < -0.3 is 11.1 Å². The second-order valence-electron chi connectivity index (χ2n) is 4.30. The summed E-state index contributed by atoms with van der Waals surface area (Å²) in [7, 11) is 0. The van der Waals surface area contributed by atoms with Crippen molar-refractivity contribution in [3.05, 3.63) is 22.9 Å². The Bertz CT molecular complexity index is 419. The van der Waals surface area contributed by atoms with Gasteiger partial charge in [0.25, 0.3) is 0 Å². The molecule has 0 aliphatic heterocycles. The van der Waals surface area contributed by atoms with Crippen LogP contribution < -0.4 is 11.1 Å². The molecule has 18 heavy (non-hydrogen) atoms. The zero-order valence-electron chi connectivity index (χ0n) is 11.2. The van der Waals surface area contributed by atoms with Crippen molar-refractivity contribution < 1.29 is 0 Å². The van der Waals surface area contributed by atoms with Gasteiger partial charge in [0, 0.05) is 12.2 Å². The summed E-state index contributed by atoms with van der Waals surface area (Å²) in [6.07, 6.45) is 4.47. The van der Waals surface area contributed by atoms with Crippen LogP contribution in [0.15, 0.2) is 6.07 Å². The summed E-state index contributed by atoms with van der Waals surface area (Å²) in [5, 5.41) is 3.35. The Morgan fingerprint density at radius 2 is 2.17 bits per heavy atom. The molecule has 0 saturated heterocycles. The number of hydrogen-bond acceptors (Lipinski definition) is 4. The largest absolute Gasteiger partial charge is 0.389 e. The van der Waals surface area contributed by atoms with Gasteiger partial charge in [-0.05, 0) is 50.3 Å². The van der Waals surface area contributed by atoms with Crippen molar-refractivity contribution in [3.8, 4) is 0 Å². The maximum atomic E-state index is 5.77. The molecule has 0 atom stereocenters. The van der Waals surface area contributed by atoms with E-state index in [1.807, 2.05) is 31.7 Å². The van der Waals surface area contributed by atoms with Crippen LogP contribution in [0.4, 0.5) is 5.82 Å². The van der Waals surface area contributed by atoms with Crippen LogP contribution in [-0.4, -0.2) is 28.5 Å². The van der Waals surface area contributed by atoms with Gasteiger partial charge >= 0.3 is 0 Å². The number of aromatic nitrogens is 1. The molecule has 0 aliphatic carbocycles. The van der Waals surface area contributed by atoms with E-state index >= 15 is 0 Å². The number of rotatable bonds is 7.